The van der Waals surface area contributed by atoms with E-state index in [0.717, 1.165) is 5.56 Å². The van der Waals surface area contributed by atoms with Gasteiger partial charge in [-0.25, -0.2) is 0 Å². The van der Waals surface area contributed by atoms with Crippen LogP contribution in [-0.4, -0.2) is 30.6 Å². The number of carboxylic acids is 1. The summed E-state index contributed by atoms with van der Waals surface area (Å²) in [6.45, 7) is 4.12. The molecule has 0 saturated heterocycles. The average molecular weight is 279 g/mol. The molecule has 1 amide bonds. The maximum Gasteiger partial charge on any atom is 0.309 e. The van der Waals surface area contributed by atoms with E-state index in [1.807, 2.05) is 12.1 Å². The molecule has 5 nitrogen and oxygen atoms in total. The second kappa shape index (κ2) is 7.05. The van der Waals surface area contributed by atoms with Crippen molar-refractivity contribution in [3.8, 4) is 0 Å². The third kappa shape index (κ3) is 4.66. The minimum Gasteiger partial charge on any atom is -0.481 e. The summed E-state index contributed by atoms with van der Waals surface area (Å²) >= 11 is 0. The third-order valence-corrected chi connectivity index (χ3v) is 3.14. The first-order chi connectivity index (χ1) is 9.36. The van der Waals surface area contributed by atoms with Crippen LogP contribution in [0.15, 0.2) is 24.3 Å². The fraction of sp³-hybridized carbons (Fsp3) is 0.467. The maximum absolute atomic E-state index is 11.9. The van der Waals surface area contributed by atoms with Crippen molar-refractivity contribution in [1.29, 1.82) is 0 Å². The van der Waals surface area contributed by atoms with Gasteiger partial charge in [0.25, 0.3) is 5.91 Å². The van der Waals surface area contributed by atoms with Gasteiger partial charge in [-0.1, -0.05) is 12.1 Å². The first kappa shape index (κ1) is 16.2. The SMILES string of the molecule is COCc1ccc(C(=O)NCCC(C)(C)C(=O)O)cc1. The van der Waals surface area contributed by atoms with Crippen LogP contribution in [0, 0.1) is 5.41 Å². The van der Waals surface area contributed by atoms with E-state index in [1.165, 1.54) is 0 Å². The Morgan fingerprint density at radius 3 is 2.35 bits per heavy atom. The molecule has 20 heavy (non-hydrogen) atoms. The molecule has 0 heterocycles. The Morgan fingerprint density at radius 1 is 1.25 bits per heavy atom. The first-order valence-corrected chi connectivity index (χ1v) is 6.46. The predicted octanol–water partition coefficient (Wildman–Crippen LogP) is 2.06. The smallest absolute Gasteiger partial charge is 0.309 e. The van der Waals surface area contributed by atoms with Crippen molar-refractivity contribution >= 4 is 11.9 Å². The molecule has 2 N–H and O–H groups in total. The topological polar surface area (TPSA) is 75.6 Å². The molecule has 0 fully saturated rings. The number of ether oxygens (including phenoxy) is 1. The Hall–Kier alpha value is -1.88. The summed E-state index contributed by atoms with van der Waals surface area (Å²) in [6, 6.07) is 7.12. The minimum atomic E-state index is -0.865. The van der Waals surface area contributed by atoms with Crippen LogP contribution in [0.2, 0.25) is 0 Å². The maximum atomic E-state index is 11.9. The fourth-order valence-electron chi connectivity index (χ4n) is 1.62. The van der Waals surface area contributed by atoms with Crippen LogP contribution >= 0.6 is 0 Å². The zero-order valence-corrected chi connectivity index (χ0v) is 12.1. The van der Waals surface area contributed by atoms with Gasteiger partial charge in [0.05, 0.1) is 12.0 Å². The lowest BCUT2D eigenvalue weighted by Gasteiger charge is -2.18. The lowest BCUT2D eigenvalue weighted by Crippen LogP contribution is -2.31. The van der Waals surface area contributed by atoms with Gasteiger partial charge in [0.2, 0.25) is 0 Å². The van der Waals surface area contributed by atoms with Crippen molar-refractivity contribution in [3.05, 3.63) is 35.4 Å². The van der Waals surface area contributed by atoms with Crippen molar-refractivity contribution < 1.29 is 19.4 Å². The highest BCUT2D eigenvalue weighted by Crippen LogP contribution is 2.19. The molecule has 0 unspecified atom stereocenters. The lowest BCUT2D eigenvalue weighted by atomic mass is 9.90. The third-order valence-electron chi connectivity index (χ3n) is 3.14. The van der Waals surface area contributed by atoms with E-state index in [9.17, 15) is 9.59 Å². The number of rotatable bonds is 7. The molecule has 0 radical (unpaired) electrons. The summed E-state index contributed by atoms with van der Waals surface area (Å²) in [6.07, 6.45) is 0.385. The van der Waals surface area contributed by atoms with Crippen LogP contribution in [0.25, 0.3) is 0 Å². The molecule has 1 aromatic rings. The summed E-state index contributed by atoms with van der Waals surface area (Å²) in [4.78, 5) is 22.8. The number of carbonyl (C=O) groups excluding carboxylic acids is 1. The van der Waals surface area contributed by atoms with E-state index in [-0.39, 0.29) is 5.91 Å². The number of methoxy groups -OCH3 is 1. The molecule has 0 aliphatic carbocycles. The Kier molecular flexibility index (Phi) is 5.70. The Morgan fingerprint density at radius 2 is 1.85 bits per heavy atom. The largest absolute Gasteiger partial charge is 0.481 e. The van der Waals surface area contributed by atoms with E-state index in [1.54, 1.807) is 33.1 Å². The molecule has 1 rings (SSSR count). The average Bonchev–Trinajstić information content (AvgIpc) is 2.39. The summed E-state index contributed by atoms with van der Waals surface area (Å²) in [7, 11) is 1.62. The summed E-state index contributed by atoms with van der Waals surface area (Å²) in [5, 5.41) is 11.7. The van der Waals surface area contributed by atoms with E-state index in [0.29, 0.717) is 25.1 Å². The highest BCUT2D eigenvalue weighted by molar-refractivity contribution is 5.94. The van der Waals surface area contributed by atoms with E-state index in [4.69, 9.17) is 9.84 Å². The van der Waals surface area contributed by atoms with Crippen molar-refractivity contribution in [2.45, 2.75) is 26.9 Å². The lowest BCUT2D eigenvalue weighted by molar-refractivity contribution is -0.147. The number of hydrogen-bond acceptors (Lipinski definition) is 3. The van der Waals surface area contributed by atoms with Crippen molar-refractivity contribution in [3.63, 3.8) is 0 Å². The Labute approximate surface area is 118 Å². The van der Waals surface area contributed by atoms with Gasteiger partial charge in [-0.3, -0.25) is 9.59 Å². The number of hydrogen-bond donors (Lipinski definition) is 2. The molecule has 0 saturated carbocycles. The van der Waals surface area contributed by atoms with E-state index >= 15 is 0 Å². The molecule has 110 valence electrons. The molecule has 0 aliphatic rings. The highest BCUT2D eigenvalue weighted by atomic mass is 16.5. The normalized spacial score (nSPS) is 11.2. The zero-order valence-electron chi connectivity index (χ0n) is 12.1. The number of carbonyl (C=O) groups is 2. The molecule has 0 aliphatic heterocycles. The van der Waals surface area contributed by atoms with Crippen molar-refractivity contribution in [2.75, 3.05) is 13.7 Å². The predicted molar refractivity (Wildman–Crippen MR) is 75.5 cm³/mol. The van der Waals surface area contributed by atoms with E-state index in [2.05, 4.69) is 5.32 Å². The first-order valence-electron chi connectivity index (χ1n) is 6.46. The molecule has 0 atom stereocenters. The van der Waals surface area contributed by atoms with Crippen LogP contribution < -0.4 is 5.32 Å². The molecule has 0 bridgehead atoms. The van der Waals surface area contributed by atoms with Crippen LogP contribution in [-0.2, 0) is 16.1 Å². The molecular weight excluding hydrogens is 258 g/mol. The fourth-order valence-corrected chi connectivity index (χ4v) is 1.62. The number of aliphatic carboxylic acids is 1. The van der Waals surface area contributed by atoms with Gasteiger partial charge in [-0.15, -0.1) is 0 Å². The van der Waals surface area contributed by atoms with Crippen LogP contribution in [0.3, 0.4) is 0 Å². The highest BCUT2D eigenvalue weighted by Gasteiger charge is 2.26. The molecule has 5 heteroatoms. The second-order valence-corrected chi connectivity index (χ2v) is 5.32. The van der Waals surface area contributed by atoms with Crippen LogP contribution in [0.5, 0.6) is 0 Å². The molecule has 0 spiro atoms. The van der Waals surface area contributed by atoms with Gasteiger partial charge in [-0.05, 0) is 38.0 Å². The summed E-state index contributed by atoms with van der Waals surface area (Å²) < 4.78 is 5.00. The molecular formula is C15H21NO4. The number of carboxylic acid groups (broad SMARTS) is 1. The zero-order chi connectivity index (χ0) is 15.2. The molecule has 1 aromatic carbocycles. The van der Waals surface area contributed by atoms with Crippen LogP contribution in [0.1, 0.15) is 36.2 Å². The van der Waals surface area contributed by atoms with Gasteiger partial charge < -0.3 is 15.2 Å². The van der Waals surface area contributed by atoms with Gasteiger partial charge in [-0.2, -0.15) is 0 Å². The summed E-state index contributed by atoms with van der Waals surface area (Å²) in [5.41, 5.74) is 0.712. The van der Waals surface area contributed by atoms with Crippen LogP contribution in [0.4, 0.5) is 0 Å². The van der Waals surface area contributed by atoms with Gasteiger partial charge >= 0.3 is 5.97 Å². The second-order valence-electron chi connectivity index (χ2n) is 5.32. The number of benzene rings is 1. The Balaban J connectivity index is 2.49. The van der Waals surface area contributed by atoms with E-state index < -0.39 is 11.4 Å². The van der Waals surface area contributed by atoms with Gasteiger partial charge in [0.1, 0.15) is 0 Å². The van der Waals surface area contributed by atoms with Crippen molar-refractivity contribution in [1.82, 2.24) is 5.32 Å². The minimum absolute atomic E-state index is 0.199. The van der Waals surface area contributed by atoms with Crippen molar-refractivity contribution in [2.24, 2.45) is 5.41 Å². The molecule has 0 aromatic heterocycles. The Bertz CT molecular complexity index is 465. The number of nitrogens with one attached hydrogen (secondary N) is 1. The summed E-state index contributed by atoms with van der Waals surface area (Å²) in [5.74, 6) is -1.06. The monoisotopic (exact) mass is 279 g/mol. The quantitative estimate of drug-likeness (QED) is 0.801. The van der Waals surface area contributed by atoms with Gasteiger partial charge in [0.15, 0.2) is 0 Å². The standard InChI is InChI=1S/C15H21NO4/c1-15(2,14(18)19)8-9-16-13(17)12-6-4-11(5-7-12)10-20-3/h4-7H,8-10H2,1-3H3,(H,16,17)(H,18,19). The van der Waals surface area contributed by atoms with Gasteiger partial charge in [0, 0.05) is 19.2 Å². The number of amides is 1.